The average Bonchev–Trinajstić information content (AvgIpc) is 2.56. The maximum atomic E-state index is 12.5. The van der Waals surface area contributed by atoms with Crippen molar-refractivity contribution < 1.29 is 14.7 Å². The van der Waals surface area contributed by atoms with Crippen LogP contribution in [0.15, 0.2) is 48.5 Å². The zero-order chi connectivity index (χ0) is 17.7. The van der Waals surface area contributed by atoms with Crippen molar-refractivity contribution in [3.05, 3.63) is 70.8 Å². The zero-order valence-electron chi connectivity index (χ0n) is 14.3. The van der Waals surface area contributed by atoms with E-state index < -0.39 is 5.97 Å². The van der Waals surface area contributed by atoms with Crippen LogP contribution in [-0.4, -0.2) is 35.0 Å². The van der Waals surface area contributed by atoms with Crippen LogP contribution >= 0.6 is 0 Å². The predicted molar refractivity (Wildman–Crippen MR) is 94.2 cm³/mol. The quantitative estimate of drug-likeness (QED) is 0.886. The molecule has 1 atom stereocenters. The molecule has 0 radical (unpaired) electrons. The van der Waals surface area contributed by atoms with Crippen molar-refractivity contribution in [2.24, 2.45) is 0 Å². The summed E-state index contributed by atoms with van der Waals surface area (Å²) < 4.78 is 0. The molecule has 1 unspecified atom stereocenters. The van der Waals surface area contributed by atoms with Crippen molar-refractivity contribution in [1.29, 1.82) is 0 Å². The van der Waals surface area contributed by atoms with E-state index in [2.05, 4.69) is 24.3 Å². The van der Waals surface area contributed by atoms with E-state index in [0.717, 1.165) is 6.42 Å². The summed E-state index contributed by atoms with van der Waals surface area (Å²) in [5.41, 5.74) is 3.12. The van der Waals surface area contributed by atoms with Gasteiger partial charge in [-0.2, -0.15) is 0 Å². The number of aromatic carboxylic acids is 1. The first-order valence-electron chi connectivity index (χ1n) is 8.01. The summed E-state index contributed by atoms with van der Waals surface area (Å²) in [4.78, 5) is 25.4. The number of carbonyl (C=O) groups excluding carboxylic acids is 1. The molecule has 24 heavy (non-hydrogen) atoms. The van der Waals surface area contributed by atoms with E-state index in [-0.39, 0.29) is 23.9 Å². The SMILES string of the molecule is Cc1ccc(CC(C)N(C)C(=O)Cc2ccccc2C(=O)O)cc1. The molecule has 0 bridgehead atoms. The summed E-state index contributed by atoms with van der Waals surface area (Å²) in [7, 11) is 1.77. The highest BCUT2D eigenvalue weighted by Crippen LogP contribution is 2.14. The molecule has 2 aromatic carbocycles. The second-order valence-corrected chi connectivity index (χ2v) is 6.18. The first-order valence-corrected chi connectivity index (χ1v) is 8.01. The lowest BCUT2D eigenvalue weighted by atomic mass is 10.0. The van der Waals surface area contributed by atoms with Crippen LogP contribution in [0.4, 0.5) is 0 Å². The van der Waals surface area contributed by atoms with Gasteiger partial charge in [0.1, 0.15) is 0 Å². The molecule has 0 spiro atoms. The molecule has 4 nitrogen and oxygen atoms in total. The Bertz CT molecular complexity index is 722. The summed E-state index contributed by atoms with van der Waals surface area (Å²) in [5.74, 6) is -1.09. The molecule has 0 aliphatic heterocycles. The standard InChI is InChI=1S/C20H23NO3/c1-14-8-10-16(11-9-14)12-15(2)21(3)19(22)13-17-6-4-5-7-18(17)20(23)24/h4-11,15H,12-13H2,1-3H3,(H,23,24). The van der Waals surface area contributed by atoms with E-state index in [1.165, 1.54) is 17.2 Å². The average molecular weight is 325 g/mol. The van der Waals surface area contributed by atoms with Crippen molar-refractivity contribution in [3.8, 4) is 0 Å². The maximum Gasteiger partial charge on any atom is 0.335 e. The van der Waals surface area contributed by atoms with Crippen LogP contribution in [0.2, 0.25) is 0 Å². The summed E-state index contributed by atoms with van der Waals surface area (Å²) in [5, 5.41) is 9.22. The Morgan fingerprint density at radius 1 is 1.08 bits per heavy atom. The van der Waals surface area contributed by atoms with Gasteiger partial charge < -0.3 is 10.0 Å². The van der Waals surface area contributed by atoms with Crippen molar-refractivity contribution in [2.45, 2.75) is 32.7 Å². The molecule has 0 heterocycles. The van der Waals surface area contributed by atoms with E-state index >= 15 is 0 Å². The fourth-order valence-corrected chi connectivity index (χ4v) is 2.62. The van der Waals surface area contributed by atoms with Gasteiger partial charge in [-0.15, -0.1) is 0 Å². The zero-order valence-corrected chi connectivity index (χ0v) is 14.3. The van der Waals surface area contributed by atoms with Crippen molar-refractivity contribution in [1.82, 2.24) is 4.90 Å². The number of likely N-dealkylation sites (N-methyl/N-ethyl adjacent to an activating group) is 1. The number of rotatable bonds is 6. The fourth-order valence-electron chi connectivity index (χ4n) is 2.62. The molecule has 2 aromatic rings. The number of carboxylic acid groups (broad SMARTS) is 1. The number of hydrogen-bond acceptors (Lipinski definition) is 2. The summed E-state index contributed by atoms with van der Waals surface area (Å²) in [6.07, 6.45) is 0.861. The first kappa shape index (κ1) is 17.7. The number of carbonyl (C=O) groups is 2. The van der Waals surface area contributed by atoms with E-state index in [1.807, 2.05) is 13.8 Å². The number of aryl methyl sites for hydroxylation is 1. The molecule has 0 aliphatic rings. The molecule has 4 heteroatoms. The largest absolute Gasteiger partial charge is 0.478 e. The maximum absolute atomic E-state index is 12.5. The second kappa shape index (κ2) is 7.77. The molecule has 0 aliphatic carbocycles. The van der Waals surface area contributed by atoms with Gasteiger partial charge >= 0.3 is 5.97 Å². The van der Waals surface area contributed by atoms with Gasteiger partial charge in [-0.05, 0) is 37.5 Å². The van der Waals surface area contributed by atoms with Crippen LogP contribution in [0.25, 0.3) is 0 Å². The Morgan fingerprint density at radius 3 is 2.33 bits per heavy atom. The lowest BCUT2D eigenvalue weighted by Gasteiger charge is -2.25. The van der Waals surface area contributed by atoms with Gasteiger partial charge in [0.25, 0.3) is 0 Å². The van der Waals surface area contributed by atoms with Crippen molar-refractivity contribution >= 4 is 11.9 Å². The van der Waals surface area contributed by atoms with Gasteiger partial charge in [0.2, 0.25) is 5.91 Å². The van der Waals surface area contributed by atoms with Crippen molar-refractivity contribution in [3.63, 3.8) is 0 Å². The van der Waals surface area contributed by atoms with Gasteiger partial charge in [0.05, 0.1) is 12.0 Å². The van der Waals surface area contributed by atoms with Gasteiger partial charge in [0.15, 0.2) is 0 Å². The molecule has 2 rings (SSSR count). The summed E-state index contributed by atoms with van der Waals surface area (Å²) in [6.45, 7) is 4.05. The van der Waals surface area contributed by atoms with Gasteiger partial charge in [-0.3, -0.25) is 4.79 Å². The lowest BCUT2D eigenvalue weighted by Crippen LogP contribution is -2.37. The van der Waals surface area contributed by atoms with E-state index in [1.54, 1.807) is 30.1 Å². The number of benzene rings is 2. The topological polar surface area (TPSA) is 57.6 Å². The highest BCUT2D eigenvalue weighted by molar-refractivity contribution is 5.91. The molecular formula is C20H23NO3. The molecule has 0 saturated heterocycles. The van der Waals surface area contributed by atoms with Gasteiger partial charge in [-0.1, -0.05) is 48.0 Å². The molecule has 1 amide bonds. The fraction of sp³-hybridized carbons (Fsp3) is 0.300. The third-order valence-electron chi connectivity index (χ3n) is 4.30. The van der Waals surface area contributed by atoms with Crippen molar-refractivity contribution in [2.75, 3.05) is 7.05 Å². The van der Waals surface area contributed by atoms with Crippen LogP contribution in [0.3, 0.4) is 0 Å². The highest BCUT2D eigenvalue weighted by atomic mass is 16.4. The van der Waals surface area contributed by atoms with E-state index in [0.29, 0.717) is 5.56 Å². The summed E-state index contributed by atoms with van der Waals surface area (Å²) in [6, 6.07) is 15.0. The van der Waals surface area contributed by atoms with Crippen LogP contribution < -0.4 is 0 Å². The number of amides is 1. The second-order valence-electron chi connectivity index (χ2n) is 6.18. The predicted octanol–water partition coefficient (Wildman–Crippen LogP) is 3.33. The van der Waals surface area contributed by atoms with Crippen LogP contribution in [-0.2, 0) is 17.6 Å². The third kappa shape index (κ3) is 4.44. The van der Waals surface area contributed by atoms with Gasteiger partial charge in [0, 0.05) is 13.1 Å². The van der Waals surface area contributed by atoms with Crippen LogP contribution in [0, 0.1) is 6.92 Å². The normalized spacial score (nSPS) is 11.8. The first-order chi connectivity index (χ1) is 11.4. The Morgan fingerprint density at radius 2 is 1.71 bits per heavy atom. The molecule has 0 saturated carbocycles. The smallest absolute Gasteiger partial charge is 0.335 e. The third-order valence-corrected chi connectivity index (χ3v) is 4.30. The summed E-state index contributed by atoms with van der Waals surface area (Å²) >= 11 is 0. The van der Waals surface area contributed by atoms with Crippen LogP contribution in [0.1, 0.15) is 34.0 Å². The van der Waals surface area contributed by atoms with Crippen LogP contribution in [0.5, 0.6) is 0 Å². The molecular weight excluding hydrogens is 302 g/mol. The molecule has 0 fully saturated rings. The number of nitrogens with zero attached hydrogens (tertiary/aromatic N) is 1. The number of carboxylic acids is 1. The van der Waals surface area contributed by atoms with E-state index in [9.17, 15) is 14.7 Å². The monoisotopic (exact) mass is 325 g/mol. The minimum atomic E-state index is -1.01. The van der Waals surface area contributed by atoms with Gasteiger partial charge in [-0.25, -0.2) is 4.79 Å². The number of hydrogen-bond donors (Lipinski definition) is 1. The molecule has 1 N–H and O–H groups in total. The molecule has 126 valence electrons. The minimum Gasteiger partial charge on any atom is -0.478 e. The highest BCUT2D eigenvalue weighted by Gasteiger charge is 2.19. The molecule has 0 aromatic heterocycles. The Hall–Kier alpha value is -2.62. The Kier molecular flexibility index (Phi) is 5.74. The lowest BCUT2D eigenvalue weighted by molar-refractivity contribution is -0.130. The Labute approximate surface area is 142 Å². The minimum absolute atomic E-state index is 0.0391. The van der Waals surface area contributed by atoms with E-state index in [4.69, 9.17) is 0 Å². The Balaban J connectivity index is 2.04.